The highest BCUT2D eigenvalue weighted by Crippen LogP contribution is 2.45. The maximum Gasteiger partial charge on any atom is 0.137 e. The van der Waals surface area contributed by atoms with Crippen LogP contribution in [0, 0.1) is 0 Å². The van der Waals surface area contributed by atoms with Gasteiger partial charge >= 0.3 is 0 Å². The molecule has 286 valence electrons. The fourth-order valence-electron chi connectivity index (χ4n) is 9.12. The van der Waals surface area contributed by atoms with Crippen LogP contribution in [0.3, 0.4) is 0 Å². The van der Waals surface area contributed by atoms with Crippen LogP contribution >= 0.6 is 11.3 Å². The van der Waals surface area contributed by atoms with Crippen LogP contribution in [0.1, 0.15) is 0 Å². The van der Waals surface area contributed by atoms with Crippen molar-refractivity contribution in [2.45, 2.75) is 0 Å². The van der Waals surface area contributed by atoms with Gasteiger partial charge in [0, 0.05) is 72.2 Å². The molecule has 4 heterocycles. The minimum Gasteiger partial charge on any atom is -0.456 e. The van der Waals surface area contributed by atoms with E-state index in [-0.39, 0.29) is 0 Å². The summed E-state index contributed by atoms with van der Waals surface area (Å²) in [6, 6.07) is 68.9. The van der Waals surface area contributed by atoms with E-state index in [2.05, 4.69) is 180 Å². The van der Waals surface area contributed by atoms with Crippen molar-refractivity contribution in [2.24, 2.45) is 0 Å². The normalized spacial score (nSPS) is 11.9. The summed E-state index contributed by atoms with van der Waals surface area (Å²) < 4.78 is 15.1. The van der Waals surface area contributed by atoms with E-state index in [9.17, 15) is 0 Å². The molecule has 6 heteroatoms. The van der Waals surface area contributed by atoms with Crippen LogP contribution in [-0.2, 0) is 0 Å². The molecule has 0 radical (unpaired) electrons. The van der Waals surface area contributed by atoms with E-state index in [4.69, 9.17) is 13.8 Å². The molecule has 13 aromatic rings. The van der Waals surface area contributed by atoms with E-state index in [1.165, 1.54) is 21.5 Å². The van der Waals surface area contributed by atoms with Crippen LogP contribution < -0.4 is 9.80 Å². The van der Waals surface area contributed by atoms with Crippen LogP contribution in [-0.4, -0.2) is 4.98 Å². The van der Waals surface area contributed by atoms with Crippen LogP contribution in [0.2, 0.25) is 0 Å². The smallest absolute Gasteiger partial charge is 0.137 e. The number of thiophene rings is 1. The minimum absolute atomic E-state index is 0.850. The van der Waals surface area contributed by atoms with Gasteiger partial charge in [0.05, 0.1) is 22.1 Å². The summed E-state index contributed by atoms with van der Waals surface area (Å²) in [6.07, 6.45) is 2.00. The molecule has 0 saturated heterocycles. The van der Waals surface area contributed by atoms with Crippen LogP contribution in [0.5, 0.6) is 0 Å². The number of furan rings is 2. The fraction of sp³-hybridized carbons (Fsp3) is 0. The first-order valence-corrected chi connectivity index (χ1v) is 21.2. The summed E-state index contributed by atoms with van der Waals surface area (Å²) in [7, 11) is 0. The number of fused-ring (bicyclic) bond motifs is 11. The number of pyridine rings is 1. The second kappa shape index (κ2) is 13.3. The first-order valence-electron chi connectivity index (χ1n) is 20.4. The first kappa shape index (κ1) is 34.0. The molecule has 5 nitrogen and oxygen atoms in total. The molecule has 0 aliphatic carbocycles. The van der Waals surface area contributed by atoms with Gasteiger partial charge in [-0.05, 0) is 106 Å². The summed E-state index contributed by atoms with van der Waals surface area (Å²) in [5, 5.41) is 10.3. The van der Waals surface area contributed by atoms with Crippen molar-refractivity contribution < 1.29 is 8.83 Å². The lowest BCUT2D eigenvalue weighted by Crippen LogP contribution is -2.10. The molecule has 0 N–H and O–H groups in total. The third kappa shape index (κ3) is 5.50. The molecular weight excluding hydrogens is 767 g/mol. The van der Waals surface area contributed by atoms with Crippen molar-refractivity contribution >= 4 is 131 Å². The predicted octanol–water partition coefficient (Wildman–Crippen LogP) is 16.5. The largest absolute Gasteiger partial charge is 0.456 e. The molecule has 0 fully saturated rings. The molecule has 61 heavy (non-hydrogen) atoms. The van der Waals surface area contributed by atoms with Crippen LogP contribution in [0.4, 0.5) is 34.1 Å². The zero-order chi connectivity index (χ0) is 40.0. The number of hydrogen-bond acceptors (Lipinski definition) is 6. The molecule has 13 rings (SSSR count). The lowest BCUT2D eigenvalue weighted by atomic mass is 10.1. The molecule has 0 atom stereocenters. The van der Waals surface area contributed by atoms with Gasteiger partial charge in [-0.3, -0.25) is 4.98 Å². The van der Waals surface area contributed by atoms with Gasteiger partial charge in [0.25, 0.3) is 0 Å². The molecule has 0 bridgehead atoms. The van der Waals surface area contributed by atoms with Gasteiger partial charge in [0.15, 0.2) is 0 Å². The molecular formula is C55H33N3O2S. The Hall–Kier alpha value is -7.93. The number of para-hydroxylation sites is 2. The fourth-order valence-corrected chi connectivity index (χ4v) is 10.2. The van der Waals surface area contributed by atoms with E-state index in [1.807, 2.05) is 30.5 Å². The Kier molecular flexibility index (Phi) is 7.41. The van der Waals surface area contributed by atoms with Gasteiger partial charge in [-0.2, -0.15) is 0 Å². The van der Waals surface area contributed by atoms with Crippen LogP contribution in [0.25, 0.3) is 85.7 Å². The van der Waals surface area contributed by atoms with Gasteiger partial charge in [0.1, 0.15) is 22.3 Å². The third-order valence-electron chi connectivity index (χ3n) is 12.0. The highest BCUT2D eigenvalue weighted by Gasteiger charge is 2.21. The minimum atomic E-state index is 0.850. The van der Waals surface area contributed by atoms with Crippen molar-refractivity contribution in [1.82, 2.24) is 4.98 Å². The second-order valence-electron chi connectivity index (χ2n) is 15.6. The van der Waals surface area contributed by atoms with Crippen molar-refractivity contribution in [3.63, 3.8) is 0 Å². The SMILES string of the molecule is c1ccc2cc(N(c3ccc4c(c3)oc3ccccc34)c3ccc4c(c3)sc3cc(N(c5ccc6ccccc6c5)c5ccc6c(c5)oc5ccccc56)cnc34)ccc2c1. The highest BCUT2D eigenvalue weighted by atomic mass is 32.1. The molecule has 0 spiro atoms. The molecule has 0 saturated carbocycles. The standard InChI is InChI=1S/C55H33N3O2S/c1-3-11-36-27-38(19-17-34(36)9-1)57(40-21-24-46-44-13-5-7-15-49(44)59-51(46)29-40)42-23-26-48-53(31-42)61-54-32-43(33-56-55(48)54)58(39-20-18-35-10-2-4-12-37(35)28-39)41-22-25-47-45-14-6-8-16-50(45)60-52(47)30-41/h1-33H. The van der Waals surface area contributed by atoms with Crippen molar-refractivity contribution in [2.75, 3.05) is 9.80 Å². The topological polar surface area (TPSA) is 45.7 Å². The maximum atomic E-state index is 6.40. The Bertz CT molecular complexity index is 3630. The van der Waals surface area contributed by atoms with Gasteiger partial charge < -0.3 is 18.6 Å². The number of rotatable bonds is 6. The highest BCUT2D eigenvalue weighted by molar-refractivity contribution is 7.25. The molecule has 9 aromatic carbocycles. The average Bonchev–Trinajstić information content (AvgIpc) is 3.99. The second-order valence-corrected chi connectivity index (χ2v) is 16.7. The maximum absolute atomic E-state index is 6.40. The van der Waals surface area contributed by atoms with Gasteiger partial charge in [-0.15, -0.1) is 11.3 Å². The average molecular weight is 800 g/mol. The van der Waals surface area contributed by atoms with E-state index in [1.54, 1.807) is 11.3 Å². The number of aromatic nitrogens is 1. The third-order valence-corrected chi connectivity index (χ3v) is 13.1. The van der Waals surface area contributed by atoms with E-state index >= 15 is 0 Å². The Morgan fingerprint density at radius 2 is 0.754 bits per heavy atom. The molecule has 0 aliphatic heterocycles. The number of nitrogens with zero attached hydrogens (tertiary/aromatic N) is 3. The van der Waals surface area contributed by atoms with E-state index in [0.717, 1.165) is 98.3 Å². The Morgan fingerprint density at radius 1 is 0.328 bits per heavy atom. The van der Waals surface area contributed by atoms with Crippen molar-refractivity contribution in [1.29, 1.82) is 0 Å². The lowest BCUT2D eigenvalue weighted by Gasteiger charge is -2.26. The lowest BCUT2D eigenvalue weighted by molar-refractivity contribution is 0.668. The van der Waals surface area contributed by atoms with Gasteiger partial charge in [-0.25, -0.2) is 0 Å². The summed E-state index contributed by atoms with van der Waals surface area (Å²) >= 11 is 1.77. The first-order chi connectivity index (χ1) is 30.2. The molecule has 0 amide bonds. The summed E-state index contributed by atoms with van der Waals surface area (Å²) in [5.41, 5.74) is 10.6. The van der Waals surface area contributed by atoms with E-state index in [0.29, 0.717) is 0 Å². The molecule has 0 aliphatic rings. The molecule has 4 aromatic heterocycles. The summed E-state index contributed by atoms with van der Waals surface area (Å²) in [4.78, 5) is 9.82. The predicted molar refractivity (Wildman–Crippen MR) is 256 cm³/mol. The number of anilines is 6. The Morgan fingerprint density at radius 3 is 1.34 bits per heavy atom. The Labute approximate surface area is 353 Å². The van der Waals surface area contributed by atoms with Gasteiger partial charge in [-0.1, -0.05) is 97.1 Å². The zero-order valence-electron chi connectivity index (χ0n) is 32.6. The van der Waals surface area contributed by atoms with Crippen LogP contribution in [0.15, 0.2) is 209 Å². The number of benzene rings is 9. The van der Waals surface area contributed by atoms with E-state index < -0.39 is 0 Å². The van der Waals surface area contributed by atoms with Crippen molar-refractivity contribution in [3.8, 4) is 0 Å². The Balaban J connectivity index is 0.961. The summed E-state index contributed by atoms with van der Waals surface area (Å²) in [6.45, 7) is 0. The summed E-state index contributed by atoms with van der Waals surface area (Å²) in [5.74, 6) is 0. The quantitative estimate of drug-likeness (QED) is 0.168. The zero-order valence-corrected chi connectivity index (χ0v) is 33.4. The van der Waals surface area contributed by atoms with Gasteiger partial charge in [0.2, 0.25) is 0 Å². The van der Waals surface area contributed by atoms with Crippen molar-refractivity contribution in [3.05, 3.63) is 200 Å². The monoisotopic (exact) mass is 799 g/mol. The molecule has 0 unspecified atom stereocenters. The number of hydrogen-bond donors (Lipinski definition) is 0.